The molecule has 3 rings (SSSR count). The van der Waals surface area contributed by atoms with Crippen LogP contribution < -0.4 is 29.5 Å². The summed E-state index contributed by atoms with van der Waals surface area (Å²) >= 11 is 0. The first-order valence-electron chi connectivity index (χ1n) is 12.8. The van der Waals surface area contributed by atoms with E-state index < -0.39 is 13.2 Å². The SMILES string of the molecule is COc1cccc(C=NCC(C)(CN=Cc2cccc(OC)c2[O-])CN=Cc2cccc(OC)c2[O-])c1[O-].F[P-](F)(F)(F)(F)F.[Mn]. The van der Waals surface area contributed by atoms with Gasteiger partial charge in [-0.1, -0.05) is 60.6 Å². The van der Waals surface area contributed by atoms with Crippen molar-refractivity contribution in [1.82, 2.24) is 0 Å². The Labute approximate surface area is 272 Å². The Kier molecular flexibility index (Phi) is 13.5. The van der Waals surface area contributed by atoms with Gasteiger partial charge in [-0.2, -0.15) is 0 Å². The van der Waals surface area contributed by atoms with Gasteiger partial charge in [0.1, 0.15) is 17.2 Å². The number of hydrogen-bond donors (Lipinski definition) is 0. The maximum absolute atomic E-state index is 12.4. The second kappa shape index (κ2) is 15.5. The number of benzene rings is 3. The molecule has 0 aliphatic heterocycles. The molecular weight excluding hydrogens is 686 g/mol. The average molecular weight is 716 g/mol. The fourth-order valence-corrected chi connectivity index (χ4v) is 3.63. The summed E-state index contributed by atoms with van der Waals surface area (Å²) in [4.78, 5) is 13.5. The molecule has 0 saturated heterocycles. The Morgan fingerprint density at radius 1 is 0.587 bits per heavy atom. The summed E-state index contributed by atoms with van der Waals surface area (Å²) in [5, 5.41) is 37.3. The quantitative estimate of drug-likeness (QED) is 0.0981. The third-order valence-electron chi connectivity index (χ3n) is 5.80. The number of nitrogens with zero attached hydrogens (tertiary/aromatic N) is 3. The van der Waals surface area contributed by atoms with Crippen LogP contribution in [0, 0.1) is 5.41 Å². The van der Waals surface area contributed by atoms with Gasteiger partial charge in [0.25, 0.3) is 0 Å². The fourth-order valence-electron chi connectivity index (χ4n) is 3.63. The first-order valence-corrected chi connectivity index (χ1v) is 14.9. The van der Waals surface area contributed by atoms with Crippen molar-refractivity contribution in [2.24, 2.45) is 20.4 Å². The smallest absolute Gasteiger partial charge is 0 e. The molecule has 0 aromatic heterocycles. The van der Waals surface area contributed by atoms with Gasteiger partial charge in [-0.15, -0.1) is 0 Å². The van der Waals surface area contributed by atoms with E-state index in [0.29, 0.717) is 16.7 Å². The molecule has 0 aliphatic carbocycles. The third-order valence-corrected chi connectivity index (χ3v) is 5.80. The van der Waals surface area contributed by atoms with Gasteiger partial charge in [0.15, 0.2) is 0 Å². The molecule has 46 heavy (non-hydrogen) atoms. The standard InChI is InChI=1S/C29H33N3O6.F6P.Mn/c1-29(17-30-14-20-8-5-11-23(36-2)26(20)33,18-31-15-21-9-6-12-24(37-3)27(21)34)19-32-16-22-10-7-13-25(38-4)28(22)35;1-7(2,3,4,5)6;/h5-16,33-35H,17-19H2,1-4H3;;/q;-1;/p-3. The van der Waals surface area contributed by atoms with Crippen molar-refractivity contribution in [3.8, 4) is 34.5 Å². The van der Waals surface area contributed by atoms with Crippen molar-refractivity contribution in [3.63, 3.8) is 0 Å². The summed E-state index contributed by atoms with van der Waals surface area (Å²) in [6, 6.07) is 14.9. The number of para-hydroxylation sites is 3. The Bertz CT molecular complexity index is 1390. The van der Waals surface area contributed by atoms with E-state index in [0.717, 1.165) is 0 Å². The monoisotopic (exact) mass is 716 g/mol. The molecule has 17 heteroatoms. The van der Waals surface area contributed by atoms with E-state index in [1.807, 2.05) is 6.92 Å². The largest absolute Gasteiger partial charge is 0 e. The van der Waals surface area contributed by atoms with Gasteiger partial charge in [-0.25, -0.2) is 0 Å². The van der Waals surface area contributed by atoms with Crippen molar-refractivity contribution in [2.45, 2.75) is 6.92 Å². The molecule has 0 bridgehead atoms. The summed E-state index contributed by atoms with van der Waals surface area (Å²) in [5.41, 5.74) is 0.616. The summed E-state index contributed by atoms with van der Waals surface area (Å²) in [6.45, 7) is 2.78. The first-order chi connectivity index (χ1) is 20.8. The molecule has 0 spiro atoms. The second-order valence-electron chi connectivity index (χ2n) is 9.81. The Morgan fingerprint density at radius 3 is 1.04 bits per heavy atom. The van der Waals surface area contributed by atoms with Gasteiger partial charge in [0, 0.05) is 60.8 Å². The Morgan fingerprint density at radius 2 is 0.826 bits per heavy atom. The maximum Gasteiger partial charge on any atom is 0 e. The molecule has 0 aliphatic rings. The zero-order valence-electron chi connectivity index (χ0n) is 24.9. The minimum absolute atomic E-state index is 0. The van der Waals surface area contributed by atoms with Crippen molar-refractivity contribution in [2.75, 3.05) is 41.0 Å². The normalized spacial score (nSPS) is 14.5. The van der Waals surface area contributed by atoms with Crippen LogP contribution in [0.1, 0.15) is 23.6 Å². The van der Waals surface area contributed by atoms with Gasteiger partial charge in [-0.3, -0.25) is 15.0 Å². The van der Waals surface area contributed by atoms with Gasteiger partial charge in [0.2, 0.25) is 0 Å². The van der Waals surface area contributed by atoms with Crippen LogP contribution in [0.3, 0.4) is 0 Å². The third kappa shape index (κ3) is 14.4. The number of methoxy groups -OCH3 is 3. The van der Waals surface area contributed by atoms with E-state index in [1.165, 1.54) is 40.0 Å². The molecule has 9 nitrogen and oxygen atoms in total. The minimum Gasteiger partial charge on any atom is 0 e. The van der Waals surface area contributed by atoms with Crippen LogP contribution >= 0.6 is 7.81 Å². The van der Waals surface area contributed by atoms with E-state index in [1.54, 1.807) is 54.6 Å². The van der Waals surface area contributed by atoms with Crippen LogP contribution in [0.4, 0.5) is 25.2 Å². The number of rotatable bonds is 12. The van der Waals surface area contributed by atoms with Gasteiger partial charge < -0.3 is 29.5 Å². The van der Waals surface area contributed by atoms with E-state index in [-0.39, 0.29) is 71.2 Å². The predicted octanol–water partition coefficient (Wildman–Crippen LogP) is 5.98. The predicted molar refractivity (Wildman–Crippen MR) is 156 cm³/mol. The van der Waals surface area contributed by atoms with Crippen molar-refractivity contribution in [1.29, 1.82) is 0 Å². The van der Waals surface area contributed by atoms with E-state index in [2.05, 4.69) is 15.0 Å². The van der Waals surface area contributed by atoms with Crippen LogP contribution in [-0.2, 0) is 17.1 Å². The summed E-state index contributed by atoms with van der Waals surface area (Å²) in [7, 11) is -6.34. The van der Waals surface area contributed by atoms with Crippen LogP contribution in [-0.4, -0.2) is 59.6 Å². The average Bonchev–Trinajstić information content (AvgIpc) is 2.94. The zero-order valence-corrected chi connectivity index (χ0v) is 27.0. The molecule has 0 heterocycles. The van der Waals surface area contributed by atoms with Gasteiger partial charge in [-0.05, 0) is 34.9 Å². The molecule has 255 valence electrons. The van der Waals surface area contributed by atoms with E-state index in [9.17, 15) is 40.5 Å². The molecule has 0 fully saturated rings. The zero-order chi connectivity index (χ0) is 34.0. The maximum atomic E-state index is 12.4. The molecule has 0 atom stereocenters. The topological polar surface area (TPSA) is 134 Å². The van der Waals surface area contributed by atoms with Crippen LogP contribution in [0.15, 0.2) is 69.6 Å². The number of aliphatic imine (C=N–C) groups is 3. The van der Waals surface area contributed by atoms with Crippen molar-refractivity contribution < 1.29 is 71.8 Å². The summed E-state index contributed by atoms with van der Waals surface area (Å²) in [5.74, 6) is -0.0338. The number of halogens is 6. The molecule has 0 N–H and O–H groups in total. The molecule has 0 unspecified atom stereocenters. The second-order valence-corrected chi connectivity index (χ2v) is 11.7. The molecule has 0 amide bonds. The minimum atomic E-state index is -10.7. The Balaban J connectivity index is 0.00000119. The van der Waals surface area contributed by atoms with Gasteiger partial charge >= 0.3 is 33.0 Å². The number of ether oxygens (including phenoxy) is 3. The number of hydrogen-bond acceptors (Lipinski definition) is 9. The Hall–Kier alpha value is -4.00. The van der Waals surface area contributed by atoms with Crippen LogP contribution in [0.5, 0.6) is 34.5 Å². The van der Waals surface area contributed by atoms with E-state index in [4.69, 9.17) is 14.2 Å². The fraction of sp³-hybridized carbons (Fsp3) is 0.276. The van der Waals surface area contributed by atoms with Crippen molar-refractivity contribution in [3.05, 3.63) is 71.3 Å². The molecule has 3 aromatic rings. The molecule has 1 radical (unpaired) electrons. The van der Waals surface area contributed by atoms with Gasteiger partial charge in [0.05, 0.1) is 21.3 Å². The molecule has 3 aromatic carbocycles. The van der Waals surface area contributed by atoms with Crippen LogP contribution in [0.25, 0.3) is 0 Å². The van der Waals surface area contributed by atoms with Crippen LogP contribution in [0.2, 0.25) is 0 Å². The van der Waals surface area contributed by atoms with E-state index >= 15 is 0 Å². The van der Waals surface area contributed by atoms with Crippen molar-refractivity contribution >= 4 is 26.5 Å². The first kappa shape index (κ1) is 40.0. The molecule has 0 saturated carbocycles. The molecular formula is C29H30F6MnN3O6P-4. The summed E-state index contributed by atoms with van der Waals surface area (Å²) in [6.07, 6.45) is 4.52. The summed E-state index contributed by atoms with van der Waals surface area (Å²) < 4.78 is 74.5.